The van der Waals surface area contributed by atoms with E-state index in [1.165, 1.54) is 10.7 Å². The number of hydrogen-bond donors (Lipinski definition) is 4. The minimum Gasteiger partial charge on any atom is -0.394 e. The number of rotatable bonds is 2. The van der Waals surface area contributed by atoms with Gasteiger partial charge in [0, 0.05) is 0 Å². The lowest BCUT2D eigenvalue weighted by Crippen LogP contribution is -2.37. The Labute approximate surface area is 125 Å². The number of nitrogens with zero attached hydrogens (tertiary/aromatic N) is 4. The zero-order valence-corrected chi connectivity index (χ0v) is 12.1. The molecule has 3 rings (SSSR count). The molecule has 0 aromatic carbocycles. The predicted octanol–water partition coefficient (Wildman–Crippen LogP) is -0.858. The number of halogens is 2. The van der Waals surface area contributed by atoms with Crippen molar-refractivity contribution in [3.63, 3.8) is 0 Å². The molecule has 0 amide bonds. The smallest absolute Gasteiger partial charge is 0.240 e. The van der Waals surface area contributed by atoms with Gasteiger partial charge in [-0.25, -0.2) is 13.9 Å². The second-order valence-corrected chi connectivity index (χ2v) is 5.85. The van der Waals surface area contributed by atoms with Crippen LogP contribution in [0.15, 0.2) is 6.20 Å². The molecule has 21 heavy (non-hydrogen) atoms. The number of ether oxygens (including phenoxy) is 1. The fourth-order valence-electron chi connectivity index (χ4n) is 2.27. The van der Waals surface area contributed by atoms with Gasteiger partial charge in [-0.2, -0.15) is 4.98 Å². The van der Waals surface area contributed by atoms with Gasteiger partial charge in [0.2, 0.25) is 10.5 Å². The lowest BCUT2D eigenvalue weighted by atomic mass is 10.1. The van der Waals surface area contributed by atoms with Gasteiger partial charge in [-0.3, -0.25) is 0 Å². The molecule has 11 heteroatoms. The van der Waals surface area contributed by atoms with Gasteiger partial charge >= 0.3 is 0 Å². The molecule has 0 spiro atoms. The number of nitrogen functional groups attached to an aromatic ring is 2. The van der Waals surface area contributed by atoms with E-state index >= 15 is 0 Å². The van der Waals surface area contributed by atoms with Gasteiger partial charge in [0.25, 0.3) is 0 Å². The number of aliphatic hydroxyl groups is 2. The fraction of sp³-hybridized carbons (Fsp3) is 0.500. The van der Waals surface area contributed by atoms with Gasteiger partial charge in [-0.05, 0) is 15.9 Å². The van der Waals surface area contributed by atoms with Crippen LogP contribution in [-0.2, 0) is 4.74 Å². The van der Waals surface area contributed by atoms with E-state index in [2.05, 4.69) is 31.0 Å². The molecule has 114 valence electrons. The molecule has 2 aromatic rings. The fourth-order valence-corrected chi connectivity index (χ4v) is 2.91. The Morgan fingerprint density at radius 2 is 2.24 bits per heavy atom. The topological polar surface area (TPSA) is 145 Å². The minimum atomic E-state index is -2.31. The molecule has 0 radical (unpaired) electrons. The maximum absolute atomic E-state index is 14.7. The van der Waals surface area contributed by atoms with E-state index in [1.807, 2.05) is 0 Å². The number of alkyl halides is 2. The molecular weight excluding hydrogens is 351 g/mol. The summed E-state index contributed by atoms with van der Waals surface area (Å²) in [5, 5.41) is 22.9. The zero-order chi connectivity index (χ0) is 15.4. The highest BCUT2D eigenvalue weighted by Gasteiger charge is 2.57. The molecular formula is C10H12BrFN6O3. The summed E-state index contributed by atoms with van der Waals surface area (Å²) < 4.78 is 18.9. The average Bonchev–Trinajstić information content (AvgIpc) is 2.91. The number of aliphatic hydroxyl groups excluding tert-OH is 2. The van der Waals surface area contributed by atoms with Gasteiger partial charge in [-0.15, -0.1) is 5.10 Å². The van der Waals surface area contributed by atoms with Crippen molar-refractivity contribution in [1.82, 2.24) is 19.6 Å². The Bertz CT molecular complexity index is 695. The summed E-state index contributed by atoms with van der Waals surface area (Å²) in [6.07, 6.45) is -2.60. The predicted molar refractivity (Wildman–Crippen MR) is 73.1 cm³/mol. The van der Waals surface area contributed by atoms with Crippen molar-refractivity contribution < 1.29 is 19.3 Å². The van der Waals surface area contributed by atoms with Crippen molar-refractivity contribution in [1.29, 1.82) is 0 Å². The van der Waals surface area contributed by atoms with Crippen LogP contribution < -0.4 is 11.5 Å². The number of anilines is 2. The van der Waals surface area contributed by atoms with Gasteiger partial charge in [-0.1, -0.05) is 0 Å². The maximum Gasteiger partial charge on any atom is 0.240 e. The molecule has 1 aliphatic heterocycles. The summed E-state index contributed by atoms with van der Waals surface area (Å²) in [7, 11) is 0. The van der Waals surface area contributed by atoms with E-state index in [9.17, 15) is 9.50 Å². The summed E-state index contributed by atoms with van der Waals surface area (Å²) in [5.74, 6) is -0.0828. The van der Waals surface area contributed by atoms with Crippen molar-refractivity contribution in [3.05, 3.63) is 11.9 Å². The van der Waals surface area contributed by atoms with Crippen LogP contribution in [0.5, 0.6) is 0 Å². The molecule has 9 nitrogen and oxygen atoms in total. The van der Waals surface area contributed by atoms with E-state index in [1.54, 1.807) is 0 Å². The molecule has 1 unspecified atom stereocenters. The molecule has 4 atom stereocenters. The van der Waals surface area contributed by atoms with Crippen molar-refractivity contribution >= 4 is 33.3 Å². The van der Waals surface area contributed by atoms with Crippen LogP contribution in [0.1, 0.15) is 11.8 Å². The molecule has 1 aliphatic rings. The first-order chi connectivity index (χ1) is 9.86. The summed E-state index contributed by atoms with van der Waals surface area (Å²) in [6.45, 7) is -0.537. The monoisotopic (exact) mass is 362 g/mol. The largest absolute Gasteiger partial charge is 0.394 e. The lowest BCUT2D eigenvalue weighted by Gasteiger charge is -2.21. The van der Waals surface area contributed by atoms with Crippen molar-refractivity contribution in [2.45, 2.75) is 22.9 Å². The molecule has 6 N–H and O–H groups in total. The summed E-state index contributed by atoms with van der Waals surface area (Å²) in [5.41, 5.74) is 11.5. The number of imidazole rings is 1. The van der Waals surface area contributed by atoms with Crippen LogP contribution in [0, 0.1) is 0 Å². The van der Waals surface area contributed by atoms with Gasteiger partial charge in [0.1, 0.15) is 18.3 Å². The molecule has 0 bridgehead atoms. The third kappa shape index (κ3) is 2.04. The highest BCUT2D eigenvalue weighted by Crippen LogP contribution is 2.48. The van der Waals surface area contributed by atoms with Crippen LogP contribution in [-0.4, -0.2) is 53.2 Å². The van der Waals surface area contributed by atoms with Crippen LogP contribution in [0.25, 0.3) is 5.65 Å². The lowest BCUT2D eigenvalue weighted by molar-refractivity contribution is -0.0241. The van der Waals surface area contributed by atoms with Crippen molar-refractivity contribution in [2.24, 2.45) is 0 Å². The Morgan fingerprint density at radius 1 is 1.52 bits per heavy atom. The SMILES string of the molecule is Nc1nc(N)c2ncc([C@@H]3O[C@H](CO)C(O)[C@]3(F)Br)n2n1. The first-order valence-electron chi connectivity index (χ1n) is 5.95. The quantitative estimate of drug-likeness (QED) is 0.505. The number of aromatic nitrogens is 4. The number of hydrogen-bond acceptors (Lipinski definition) is 8. The Kier molecular flexibility index (Phi) is 3.24. The molecule has 0 aliphatic carbocycles. The van der Waals surface area contributed by atoms with E-state index in [4.69, 9.17) is 21.3 Å². The Hall–Kier alpha value is -1.56. The maximum atomic E-state index is 14.7. The van der Waals surface area contributed by atoms with Crippen LogP contribution in [0.4, 0.5) is 16.2 Å². The third-order valence-corrected chi connectivity index (χ3v) is 4.17. The van der Waals surface area contributed by atoms with Crippen LogP contribution in [0.3, 0.4) is 0 Å². The Balaban J connectivity index is 2.13. The third-order valence-electron chi connectivity index (χ3n) is 3.29. The first-order valence-corrected chi connectivity index (χ1v) is 6.74. The van der Waals surface area contributed by atoms with Crippen molar-refractivity contribution in [2.75, 3.05) is 18.1 Å². The van der Waals surface area contributed by atoms with E-state index in [0.29, 0.717) is 0 Å². The Morgan fingerprint density at radius 3 is 2.86 bits per heavy atom. The van der Waals surface area contributed by atoms with Crippen LogP contribution >= 0.6 is 15.9 Å². The normalized spacial score (nSPS) is 32.9. The average molecular weight is 363 g/mol. The molecule has 1 fully saturated rings. The second kappa shape index (κ2) is 4.73. The zero-order valence-electron chi connectivity index (χ0n) is 10.5. The summed E-state index contributed by atoms with van der Waals surface area (Å²) >= 11 is 2.80. The standard InChI is InChI=1S/C10H12BrFN6O3/c11-10(12)5(20)4(2-19)21-6(10)3-1-15-8-7(13)16-9(14)17-18(3)8/h1,4-6,19-20H,2H2,(H4,13,14,16,17)/t4-,5?,6+,10-/m1/s1. The molecule has 1 saturated heterocycles. The molecule has 2 aromatic heterocycles. The van der Waals surface area contributed by atoms with Gasteiger partial charge < -0.3 is 26.4 Å². The van der Waals surface area contributed by atoms with Gasteiger partial charge in [0.15, 0.2) is 11.5 Å². The highest BCUT2D eigenvalue weighted by molar-refractivity contribution is 9.10. The first kappa shape index (κ1) is 14.4. The number of nitrogens with two attached hydrogens (primary N) is 2. The minimum absolute atomic E-state index is 0.0324. The van der Waals surface area contributed by atoms with Gasteiger partial charge in [0.05, 0.1) is 18.5 Å². The molecule has 3 heterocycles. The van der Waals surface area contributed by atoms with E-state index < -0.39 is 29.5 Å². The molecule has 0 saturated carbocycles. The summed E-state index contributed by atoms with van der Waals surface area (Å²) in [4.78, 5) is 7.74. The van der Waals surface area contributed by atoms with E-state index in [-0.39, 0.29) is 23.1 Å². The number of fused-ring (bicyclic) bond motifs is 1. The van der Waals surface area contributed by atoms with Crippen LogP contribution in [0.2, 0.25) is 0 Å². The van der Waals surface area contributed by atoms with Crippen molar-refractivity contribution in [3.8, 4) is 0 Å². The van der Waals surface area contributed by atoms with E-state index in [0.717, 1.165) is 0 Å². The highest BCUT2D eigenvalue weighted by atomic mass is 79.9. The summed E-state index contributed by atoms with van der Waals surface area (Å²) in [6, 6.07) is 0. The second-order valence-electron chi connectivity index (χ2n) is 4.63.